The summed E-state index contributed by atoms with van der Waals surface area (Å²) in [6.07, 6.45) is 2.16. The molecule has 1 heterocycles. The van der Waals surface area contributed by atoms with E-state index in [1.807, 2.05) is 6.92 Å². The van der Waals surface area contributed by atoms with Crippen molar-refractivity contribution in [3.63, 3.8) is 0 Å². The van der Waals surface area contributed by atoms with E-state index in [-0.39, 0.29) is 5.95 Å². The molecule has 0 bridgehead atoms. The van der Waals surface area contributed by atoms with E-state index in [4.69, 9.17) is 0 Å². The van der Waals surface area contributed by atoms with Gasteiger partial charge >= 0.3 is 0 Å². The molecular formula is C7H8FN. The van der Waals surface area contributed by atoms with Gasteiger partial charge < -0.3 is 0 Å². The second kappa shape index (κ2) is 2.58. The van der Waals surface area contributed by atoms with Crippen LogP contribution >= 0.6 is 0 Å². The Balaban J connectivity index is 3.01. The standard InChI is InChI=1S/C7H8FN/c1-2-6-4-3-5-9-7(6)8/h3-5H,2H2,1H3. The molecule has 0 aliphatic rings. The van der Waals surface area contributed by atoms with Crippen LogP contribution in [-0.2, 0) is 6.42 Å². The third-order valence-electron chi connectivity index (χ3n) is 1.22. The van der Waals surface area contributed by atoms with Crippen molar-refractivity contribution in [2.45, 2.75) is 13.3 Å². The first kappa shape index (κ1) is 6.20. The number of halogens is 1. The Morgan fingerprint density at radius 2 is 2.44 bits per heavy atom. The fraction of sp³-hybridized carbons (Fsp3) is 0.286. The Bertz CT molecular complexity index is 198. The Kier molecular flexibility index (Phi) is 1.78. The summed E-state index contributed by atoms with van der Waals surface area (Å²) in [4.78, 5) is 3.48. The van der Waals surface area contributed by atoms with Gasteiger partial charge in [0.05, 0.1) is 0 Å². The molecular weight excluding hydrogens is 117 g/mol. The van der Waals surface area contributed by atoms with E-state index in [0.29, 0.717) is 12.0 Å². The van der Waals surface area contributed by atoms with Crippen LogP contribution in [0.25, 0.3) is 0 Å². The second-order valence-corrected chi connectivity index (χ2v) is 1.81. The lowest BCUT2D eigenvalue weighted by atomic mass is 10.2. The lowest BCUT2D eigenvalue weighted by Gasteiger charge is -1.93. The Morgan fingerprint density at radius 1 is 1.67 bits per heavy atom. The van der Waals surface area contributed by atoms with Crippen LogP contribution < -0.4 is 0 Å². The van der Waals surface area contributed by atoms with Crippen molar-refractivity contribution in [3.8, 4) is 0 Å². The summed E-state index contributed by atoms with van der Waals surface area (Å²) >= 11 is 0. The van der Waals surface area contributed by atoms with Crippen molar-refractivity contribution in [2.75, 3.05) is 0 Å². The summed E-state index contributed by atoms with van der Waals surface area (Å²) < 4.78 is 12.5. The molecule has 0 aliphatic carbocycles. The fourth-order valence-corrected chi connectivity index (χ4v) is 0.683. The number of aromatic nitrogens is 1. The zero-order valence-corrected chi connectivity index (χ0v) is 5.26. The molecule has 0 aromatic carbocycles. The Labute approximate surface area is 53.5 Å². The van der Waals surface area contributed by atoms with Gasteiger partial charge in [0.25, 0.3) is 0 Å². The monoisotopic (exact) mass is 125 g/mol. The maximum Gasteiger partial charge on any atom is 0.216 e. The molecule has 1 aromatic heterocycles. The minimum Gasteiger partial charge on any atom is -0.228 e. The topological polar surface area (TPSA) is 12.9 Å². The molecule has 0 radical (unpaired) electrons. The highest BCUT2D eigenvalue weighted by Crippen LogP contribution is 2.01. The van der Waals surface area contributed by atoms with Crippen LogP contribution in [0.1, 0.15) is 12.5 Å². The lowest BCUT2D eigenvalue weighted by molar-refractivity contribution is 0.568. The number of nitrogens with zero attached hydrogens (tertiary/aromatic N) is 1. The summed E-state index contributed by atoms with van der Waals surface area (Å²) in [6.45, 7) is 1.90. The molecule has 0 unspecified atom stereocenters. The third kappa shape index (κ3) is 1.25. The number of rotatable bonds is 1. The zero-order chi connectivity index (χ0) is 6.69. The first-order chi connectivity index (χ1) is 4.34. The first-order valence-corrected chi connectivity index (χ1v) is 2.94. The van der Waals surface area contributed by atoms with Gasteiger partial charge in [-0.15, -0.1) is 0 Å². The van der Waals surface area contributed by atoms with Crippen molar-refractivity contribution < 1.29 is 4.39 Å². The van der Waals surface area contributed by atoms with Gasteiger partial charge in [0.15, 0.2) is 0 Å². The van der Waals surface area contributed by atoms with Gasteiger partial charge in [-0.2, -0.15) is 4.39 Å². The van der Waals surface area contributed by atoms with Crippen LogP contribution in [0.4, 0.5) is 4.39 Å². The van der Waals surface area contributed by atoms with E-state index in [0.717, 1.165) is 0 Å². The fourth-order valence-electron chi connectivity index (χ4n) is 0.683. The predicted octanol–water partition coefficient (Wildman–Crippen LogP) is 1.78. The van der Waals surface area contributed by atoms with Gasteiger partial charge in [0.1, 0.15) is 0 Å². The minimum absolute atomic E-state index is 0.347. The summed E-state index contributed by atoms with van der Waals surface area (Å²) in [5.41, 5.74) is 0.678. The molecule has 2 heteroatoms. The molecule has 0 aliphatic heterocycles. The van der Waals surface area contributed by atoms with Crippen LogP contribution in [0.5, 0.6) is 0 Å². The molecule has 1 aromatic rings. The highest BCUT2D eigenvalue weighted by molar-refractivity contribution is 5.09. The molecule has 0 fully saturated rings. The quantitative estimate of drug-likeness (QED) is 0.521. The normalized spacial score (nSPS) is 9.56. The SMILES string of the molecule is CCc1cccnc1F. The molecule has 0 spiro atoms. The highest BCUT2D eigenvalue weighted by Gasteiger charge is 1.95. The van der Waals surface area contributed by atoms with Crippen LogP contribution in [-0.4, -0.2) is 4.98 Å². The minimum atomic E-state index is -0.347. The zero-order valence-electron chi connectivity index (χ0n) is 5.26. The van der Waals surface area contributed by atoms with E-state index >= 15 is 0 Å². The summed E-state index contributed by atoms with van der Waals surface area (Å²) in [5, 5.41) is 0. The van der Waals surface area contributed by atoms with E-state index in [9.17, 15) is 4.39 Å². The molecule has 1 rings (SSSR count). The number of pyridine rings is 1. The average Bonchev–Trinajstić information content (AvgIpc) is 1.89. The van der Waals surface area contributed by atoms with Gasteiger partial charge in [0, 0.05) is 11.8 Å². The molecule has 0 amide bonds. The smallest absolute Gasteiger partial charge is 0.216 e. The molecule has 48 valence electrons. The van der Waals surface area contributed by atoms with E-state index < -0.39 is 0 Å². The van der Waals surface area contributed by atoms with Crippen molar-refractivity contribution in [3.05, 3.63) is 29.8 Å². The number of hydrogen-bond donors (Lipinski definition) is 0. The van der Waals surface area contributed by atoms with Crippen molar-refractivity contribution in [1.82, 2.24) is 4.98 Å². The maximum atomic E-state index is 12.5. The van der Waals surface area contributed by atoms with Crippen LogP contribution in [0.2, 0.25) is 0 Å². The Hall–Kier alpha value is -0.920. The first-order valence-electron chi connectivity index (χ1n) is 2.94. The van der Waals surface area contributed by atoms with E-state index in [1.165, 1.54) is 6.20 Å². The largest absolute Gasteiger partial charge is 0.228 e. The van der Waals surface area contributed by atoms with Crippen LogP contribution in [0.3, 0.4) is 0 Å². The second-order valence-electron chi connectivity index (χ2n) is 1.81. The maximum absolute atomic E-state index is 12.5. The number of hydrogen-bond acceptors (Lipinski definition) is 1. The van der Waals surface area contributed by atoms with Gasteiger partial charge in [0.2, 0.25) is 5.95 Å². The highest BCUT2D eigenvalue weighted by atomic mass is 19.1. The molecule has 9 heavy (non-hydrogen) atoms. The van der Waals surface area contributed by atoms with Gasteiger partial charge in [-0.05, 0) is 12.5 Å². The van der Waals surface area contributed by atoms with Gasteiger partial charge in [-0.3, -0.25) is 0 Å². The predicted molar refractivity (Wildman–Crippen MR) is 33.6 cm³/mol. The Morgan fingerprint density at radius 3 is 2.89 bits per heavy atom. The molecule has 0 atom stereocenters. The van der Waals surface area contributed by atoms with Crippen LogP contribution in [0.15, 0.2) is 18.3 Å². The van der Waals surface area contributed by atoms with Crippen molar-refractivity contribution in [2.24, 2.45) is 0 Å². The summed E-state index contributed by atoms with van der Waals surface area (Å²) in [7, 11) is 0. The summed E-state index contributed by atoms with van der Waals surface area (Å²) in [5.74, 6) is -0.347. The molecule has 0 N–H and O–H groups in total. The molecule has 0 saturated carbocycles. The molecule has 0 saturated heterocycles. The summed E-state index contributed by atoms with van der Waals surface area (Å²) in [6, 6.07) is 3.48. The third-order valence-corrected chi connectivity index (χ3v) is 1.22. The lowest BCUT2D eigenvalue weighted by Crippen LogP contribution is -1.88. The van der Waals surface area contributed by atoms with Crippen molar-refractivity contribution >= 4 is 0 Å². The van der Waals surface area contributed by atoms with Gasteiger partial charge in [-0.25, -0.2) is 4.98 Å². The van der Waals surface area contributed by atoms with Gasteiger partial charge in [-0.1, -0.05) is 13.0 Å². The van der Waals surface area contributed by atoms with E-state index in [1.54, 1.807) is 12.1 Å². The average molecular weight is 125 g/mol. The number of aryl methyl sites for hydroxylation is 1. The van der Waals surface area contributed by atoms with E-state index in [2.05, 4.69) is 4.98 Å². The van der Waals surface area contributed by atoms with Crippen LogP contribution in [0, 0.1) is 5.95 Å². The molecule has 1 nitrogen and oxygen atoms in total. The van der Waals surface area contributed by atoms with Crippen molar-refractivity contribution in [1.29, 1.82) is 0 Å².